The highest BCUT2D eigenvalue weighted by Gasteiger charge is 2.43. The van der Waals surface area contributed by atoms with E-state index in [1.165, 1.54) is 0 Å². The lowest BCUT2D eigenvalue weighted by molar-refractivity contribution is -0.134. The summed E-state index contributed by atoms with van der Waals surface area (Å²) in [6.07, 6.45) is 2.94. The molecule has 0 aromatic rings. The summed E-state index contributed by atoms with van der Waals surface area (Å²) in [7, 11) is 1.66. The summed E-state index contributed by atoms with van der Waals surface area (Å²) in [6.45, 7) is 0.558. The van der Waals surface area contributed by atoms with Gasteiger partial charge in [-0.3, -0.25) is 4.79 Å². The number of hydrogen-bond donors (Lipinski definition) is 3. The molecular formula is C8H15N3OS. The highest BCUT2D eigenvalue weighted by atomic mass is 32.1. The van der Waals surface area contributed by atoms with E-state index < -0.39 is 0 Å². The highest BCUT2D eigenvalue weighted by Crippen LogP contribution is 2.40. The monoisotopic (exact) mass is 201 g/mol. The smallest absolute Gasteiger partial charge is 0.227 e. The molecule has 0 bridgehead atoms. The second kappa shape index (κ2) is 3.91. The second-order valence-electron chi connectivity index (χ2n) is 3.43. The summed E-state index contributed by atoms with van der Waals surface area (Å²) in [6, 6.07) is 0. The van der Waals surface area contributed by atoms with E-state index in [0.717, 1.165) is 19.3 Å². The molecule has 0 aliphatic heterocycles. The number of carbonyl (C=O) groups is 1. The van der Waals surface area contributed by atoms with Crippen LogP contribution in [0.2, 0.25) is 0 Å². The molecule has 4 nitrogen and oxygen atoms in total. The first-order chi connectivity index (χ1) is 6.10. The van der Waals surface area contributed by atoms with Gasteiger partial charge >= 0.3 is 0 Å². The zero-order valence-electron chi connectivity index (χ0n) is 7.72. The minimum atomic E-state index is -0.266. The third kappa shape index (κ3) is 2.09. The van der Waals surface area contributed by atoms with Crippen molar-refractivity contribution >= 4 is 23.2 Å². The predicted molar refractivity (Wildman–Crippen MR) is 55.1 cm³/mol. The Morgan fingerprint density at radius 3 is 2.54 bits per heavy atom. The molecule has 0 aromatic carbocycles. The Morgan fingerprint density at radius 1 is 1.62 bits per heavy atom. The highest BCUT2D eigenvalue weighted by molar-refractivity contribution is 7.80. The number of amides is 1. The van der Waals surface area contributed by atoms with Gasteiger partial charge in [0.25, 0.3) is 0 Å². The number of rotatable bonds is 3. The zero-order valence-corrected chi connectivity index (χ0v) is 8.54. The Bertz CT molecular complexity index is 225. The lowest BCUT2D eigenvalue weighted by atomic mass is 9.68. The topological polar surface area (TPSA) is 67.2 Å². The normalized spacial score (nSPS) is 18.5. The number of carbonyl (C=O) groups excluding carboxylic acids is 1. The van der Waals surface area contributed by atoms with E-state index in [-0.39, 0.29) is 16.4 Å². The third-order valence-electron chi connectivity index (χ3n) is 2.62. The van der Waals surface area contributed by atoms with Crippen molar-refractivity contribution in [2.75, 3.05) is 13.6 Å². The van der Waals surface area contributed by atoms with E-state index in [0.29, 0.717) is 6.54 Å². The Kier molecular flexibility index (Phi) is 3.08. The Labute approximate surface area is 83.2 Å². The van der Waals surface area contributed by atoms with Gasteiger partial charge < -0.3 is 16.4 Å². The number of nitrogens with two attached hydrogens (primary N) is 1. The second-order valence-corrected chi connectivity index (χ2v) is 3.87. The molecule has 4 N–H and O–H groups in total. The quantitative estimate of drug-likeness (QED) is 0.550. The Hall–Kier alpha value is -0.840. The van der Waals surface area contributed by atoms with Crippen molar-refractivity contribution in [2.24, 2.45) is 11.1 Å². The summed E-state index contributed by atoms with van der Waals surface area (Å²) in [5, 5.41) is 5.78. The first-order valence-electron chi connectivity index (χ1n) is 4.36. The largest absolute Gasteiger partial charge is 0.376 e. The van der Waals surface area contributed by atoms with E-state index in [2.05, 4.69) is 10.6 Å². The first-order valence-corrected chi connectivity index (χ1v) is 4.77. The molecule has 5 heteroatoms. The van der Waals surface area contributed by atoms with Gasteiger partial charge in [0.05, 0.1) is 5.41 Å². The van der Waals surface area contributed by atoms with Crippen LogP contribution >= 0.6 is 12.2 Å². The summed E-state index contributed by atoms with van der Waals surface area (Å²) >= 11 is 4.69. The van der Waals surface area contributed by atoms with Crippen molar-refractivity contribution in [1.29, 1.82) is 0 Å². The summed E-state index contributed by atoms with van der Waals surface area (Å²) < 4.78 is 0. The fourth-order valence-electron chi connectivity index (χ4n) is 1.61. The minimum absolute atomic E-state index is 0.0856. The minimum Gasteiger partial charge on any atom is -0.376 e. The number of thiocarbonyl (C=S) groups is 1. The third-order valence-corrected chi connectivity index (χ3v) is 2.76. The fraction of sp³-hybridized carbons (Fsp3) is 0.750. The van der Waals surface area contributed by atoms with Crippen LogP contribution in [0.3, 0.4) is 0 Å². The van der Waals surface area contributed by atoms with Crippen LogP contribution in [-0.4, -0.2) is 24.6 Å². The van der Waals surface area contributed by atoms with Crippen molar-refractivity contribution in [3.63, 3.8) is 0 Å². The van der Waals surface area contributed by atoms with E-state index in [1.54, 1.807) is 7.05 Å². The molecule has 0 radical (unpaired) electrons. The molecule has 0 aromatic heterocycles. The van der Waals surface area contributed by atoms with Crippen LogP contribution in [0.1, 0.15) is 19.3 Å². The van der Waals surface area contributed by atoms with Gasteiger partial charge in [-0.05, 0) is 25.1 Å². The lowest BCUT2D eigenvalue weighted by Crippen LogP contribution is -2.52. The molecule has 0 atom stereocenters. The molecule has 74 valence electrons. The van der Waals surface area contributed by atoms with Gasteiger partial charge in [-0.1, -0.05) is 6.42 Å². The SMILES string of the molecule is CNC(=O)C1(CNC(N)=S)CCC1. The molecule has 0 unspecified atom stereocenters. The van der Waals surface area contributed by atoms with Gasteiger partial charge in [-0.15, -0.1) is 0 Å². The molecule has 1 rings (SSSR count). The van der Waals surface area contributed by atoms with Crippen LogP contribution in [0.15, 0.2) is 0 Å². The lowest BCUT2D eigenvalue weighted by Gasteiger charge is -2.39. The number of nitrogens with one attached hydrogen (secondary N) is 2. The predicted octanol–water partition coefficient (Wildman–Crippen LogP) is -0.264. The zero-order chi connectivity index (χ0) is 9.90. The van der Waals surface area contributed by atoms with Crippen LogP contribution < -0.4 is 16.4 Å². The molecule has 0 saturated heterocycles. The van der Waals surface area contributed by atoms with Crippen molar-refractivity contribution in [3.05, 3.63) is 0 Å². The standard InChI is InChI=1S/C8H15N3OS/c1-10-6(12)8(3-2-4-8)5-11-7(9)13/h2-5H2,1H3,(H,10,12)(H3,9,11,13). The van der Waals surface area contributed by atoms with Crippen LogP contribution in [0, 0.1) is 5.41 Å². The van der Waals surface area contributed by atoms with Gasteiger partial charge in [0.2, 0.25) is 5.91 Å². The summed E-state index contributed by atoms with van der Waals surface area (Å²) in [4.78, 5) is 11.5. The van der Waals surface area contributed by atoms with Crippen LogP contribution in [0.4, 0.5) is 0 Å². The average molecular weight is 201 g/mol. The molecule has 13 heavy (non-hydrogen) atoms. The summed E-state index contributed by atoms with van der Waals surface area (Å²) in [5.41, 5.74) is 5.04. The van der Waals surface area contributed by atoms with E-state index in [1.807, 2.05) is 0 Å². The van der Waals surface area contributed by atoms with Gasteiger partial charge in [0.15, 0.2) is 5.11 Å². The Balaban J connectivity index is 2.49. The van der Waals surface area contributed by atoms with Gasteiger partial charge in [0, 0.05) is 13.6 Å². The van der Waals surface area contributed by atoms with E-state index >= 15 is 0 Å². The van der Waals surface area contributed by atoms with E-state index in [9.17, 15) is 4.79 Å². The molecule has 1 saturated carbocycles. The Morgan fingerprint density at radius 2 is 2.23 bits per heavy atom. The fourth-order valence-corrected chi connectivity index (χ4v) is 1.68. The van der Waals surface area contributed by atoms with E-state index in [4.69, 9.17) is 18.0 Å². The van der Waals surface area contributed by atoms with Crippen molar-refractivity contribution < 1.29 is 4.79 Å². The molecule has 0 spiro atoms. The van der Waals surface area contributed by atoms with Crippen LogP contribution in [0.5, 0.6) is 0 Å². The maximum Gasteiger partial charge on any atom is 0.227 e. The molecule has 1 aliphatic carbocycles. The average Bonchev–Trinajstić information content (AvgIpc) is 2.01. The van der Waals surface area contributed by atoms with Crippen LogP contribution in [0.25, 0.3) is 0 Å². The molecule has 1 aliphatic rings. The maximum absolute atomic E-state index is 11.5. The van der Waals surface area contributed by atoms with Crippen molar-refractivity contribution in [1.82, 2.24) is 10.6 Å². The van der Waals surface area contributed by atoms with Gasteiger partial charge in [-0.2, -0.15) is 0 Å². The molecule has 1 amide bonds. The van der Waals surface area contributed by atoms with Crippen molar-refractivity contribution in [2.45, 2.75) is 19.3 Å². The van der Waals surface area contributed by atoms with Crippen molar-refractivity contribution in [3.8, 4) is 0 Å². The molecule has 0 heterocycles. The first kappa shape index (κ1) is 10.2. The number of hydrogen-bond acceptors (Lipinski definition) is 2. The summed E-state index contributed by atoms with van der Waals surface area (Å²) in [5.74, 6) is 0.0856. The molecular weight excluding hydrogens is 186 g/mol. The molecule has 1 fully saturated rings. The van der Waals surface area contributed by atoms with Gasteiger partial charge in [0.1, 0.15) is 0 Å². The maximum atomic E-state index is 11.5. The van der Waals surface area contributed by atoms with Gasteiger partial charge in [-0.25, -0.2) is 0 Å². The van der Waals surface area contributed by atoms with Crippen LogP contribution in [-0.2, 0) is 4.79 Å².